The van der Waals surface area contributed by atoms with E-state index in [1.165, 1.54) is 12.1 Å². The fourth-order valence-electron chi connectivity index (χ4n) is 2.51. The van der Waals surface area contributed by atoms with Crippen LogP contribution in [0.15, 0.2) is 29.4 Å². The molecule has 7 heteroatoms. The van der Waals surface area contributed by atoms with Gasteiger partial charge in [0.05, 0.1) is 0 Å². The van der Waals surface area contributed by atoms with Crippen LogP contribution in [0.3, 0.4) is 0 Å². The zero-order valence-electron chi connectivity index (χ0n) is 13.2. The second-order valence-corrected chi connectivity index (χ2v) is 6.64. The topological polar surface area (TPSA) is 61.9 Å². The third-order valence-corrected chi connectivity index (χ3v) is 4.69. The van der Waals surface area contributed by atoms with Crippen LogP contribution in [0, 0.1) is 5.82 Å². The quantitative estimate of drug-likeness (QED) is 0.618. The van der Waals surface area contributed by atoms with Gasteiger partial charge < -0.3 is 4.90 Å². The van der Waals surface area contributed by atoms with E-state index < -0.39 is 0 Å². The Morgan fingerprint density at radius 2 is 2.12 bits per heavy atom. The Morgan fingerprint density at radius 1 is 1.29 bits per heavy atom. The van der Waals surface area contributed by atoms with Crippen LogP contribution in [-0.2, 0) is 4.79 Å². The van der Waals surface area contributed by atoms with Gasteiger partial charge in [-0.15, -0.1) is 5.10 Å². The van der Waals surface area contributed by atoms with E-state index in [1.807, 2.05) is 17.1 Å². The summed E-state index contributed by atoms with van der Waals surface area (Å²) in [4.78, 5) is 17.8. The van der Waals surface area contributed by atoms with Gasteiger partial charge in [0.2, 0.25) is 11.1 Å². The lowest BCUT2D eigenvalue weighted by molar-refractivity contribution is -0.127. The molecule has 0 atom stereocenters. The SMILES string of the molecule is O=C1CCCN1CCCSc1n[nH]c(/C=C/c2ccc(F)cc2)n1. The Morgan fingerprint density at radius 3 is 2.88 bits per heavy atom. The second kappa shape index (κ2) is 8.10. The highest BCUT2D eigenvalue weighted by molar-refractivity contribution is 7.99. The third kappa shape index (κ3) is 4.67. The number of H-pyrrole nitrogens is 1. The number of thioether (sulfide) groups is 1. The molecular formula is C17H19FN4OS. The molecule has 1 aliphatic rings. The fraction of sp³-hybridized carbons (Fsp3) is 0.353. The molecule has 24 heavy (non-hydrogen) atoms. The van der Waals surface area contributed by atoms with Gasteiger partial charge in [0.1, 0.15) is 11.6 Å². The Balaban J connectivity index is 1.43. The fourth-order valence-corrected chi connectivity index (χ4v) is 3.23. The number of nitrogens with one attached hydrogen (secondary N) is 1. The first-order chi connectivity index (χ1) is 11.7. The third-order valence-electron chi connectivity index (χ3n) is 3.76. The van der Waals surface area contributed by atoms with Gasteiger partial charge in [-0.1, -0.05) is 30.0 Å². The number of amides is 1. The smallest absolute Gasteiger partial charge is 0.222 e. The van der Waals surface area contributed by atoms with E-state index in [4.69, 9.17) is 0 Å². The summed E-state index contributed by atoms with van der Waals surface area (Å²) in [5.74, 6) is 1.56. The van der Waals surface area contributed by atoms with Crippen LogP contribution in [0.5, 0.6) is 0 Å². The van der Waals surface area contributed by atoms with Crippen molar-refractivity contribution < 1.29 is 9.18 Å². The molecule has 0 radical (unpaired) electrons. The maximum atomic E-state index is 12.8. The normalized spacial score (nSPS) is 14.9. The average molecular weight is 346 g/mol. The Labute approximate surface area is 144 Å². The number of rotatable bonds is 7. The summed E-state index contributed by atoms with van der Waals surface area (Å²) < 4.78 is 12.8. The zero-order chi connectivity index (χ0) is 16.8. The highest BCUT2D eigenvalue weighted by Gasteiger charge is 2.19. The first kappa shape index (κ1) is 16.7. The van der Waals surface area contributed by atoms with E-state index in [1.54, 1.807) is 23.9 Å². The lowest BCUT2D eigenvalue weighted by Gasteiger charge is -2.14. The van der Waals surface area contributed by atoms with Gasteiger partial charge in [-0.3, -0.25) is 9.89 Å². The van der Waals surface area contributed by atoms with Crippen LogP contribution in [0.1, 0.15) is 30.7 Å². The molecule has 126 valence electrons. The van der Waals surface area contributed by atoms with Crippen LogP contribution >= 0.6 is 11.8 Å². The molecule has 1 aromatic carbocycles. The van der Waals surface area contributed by atoms with Crippen LogP contribution in [0.2, 0.25) is 0 Å². The molecule has 1 fully saturated rings. The molecule has 1 aromatic heterocycles. The minimum absolute atomic E-state index is 0.249. The number of carbonyl (C=O) groups is 1. The monoisotopic (exact) mass is 346 g/mol. The number of nitrogens with zero attached hydrogens (tertiary/aromatic N) is 3. The predicted molar refractivity (Wildman–Crippen MR) is 92.9 cm³/mol. The number of hydrogen-bond acceptors (Lipinski definition) is 4. The van der Waals surface area contributed by atoms with Crippen molar-refractivity contribution in [3.63, 3.8) is 0 Å². The Hall–Kier alpha value is -2.15. The molecule has 0 unspecified atom stereocenters. The van der Waals surface area contributed by atoms with E-state index in [0.717, 1.165) is 37.2 Å². The van der Waals surface area contributed by atoms with Crippen molar-refractivity contribution in [2.75, 3.05) is 18.8 Å². The molecule has 1 N–H and O–H groups in total. The van der Waals surface area contributed by atoms with Gasteiger partial charge in [-0.05, 0) is 36.6 Å². The van der Waals surface area contributed by atoms with Gasteiger partial charge in [0, 0.05) is 25.3 Å². The number of halogens is 1. The molecule has 2 aromatic rings. The van der Waals surface area contributed by atoms with E-state index in [2.05, 4.69) is 15.2 Å². The average Bonchev–Trinajstić information content (AvgIpc) is 3.20. The van der Waals surface area contributed by atoms with E-state index >= 15 is 0 Å². The lowest BCUT2D eigenvalue weighted by Crippen LogP contribution is -2.25. The van der Waals surface area contributed by atoms with Gasteiger partial charge in [-0.25, -0.2) is 9.37 Å². The van der Waals surface area contributed by atoms with Crippen LogP contribution in [0.4, 0.5) is 4.39 Å². The molecule has 5 nitrogen and oxygen atoms in total. The van der Waals surface area contributed by atoms with Crippen molar-refractivity contribution in [3.05, 3.63) is 41.5 Å². The second-order valence-electron chi connectivity index (χ2n) is 5.57. The predicted octanol–water partition coefficient (Wildman–Crippen LogP) is 3.22. The molecule has 1 amide bonds. The van der Waals surface area contributed by atoms with E-state index in [0.29, 0.717) is 17.4 Å². The summed E-state index contributed by atoms with van der Waals surface area (Å²) in [5.41, 5.74) is 0.900. The standard InChI is InChI=1S/C17H19FN4OS/c18-14-7-4-13(5-8-14)6-9-15-19-17(21-20-15)24-12-2-11-22-10-1-3-16(22)23/h4-9H,1-3,10-12H2,(H,19,20,21)/b9-6+. The summed E-state index contributed by atoms with van der Waals surface area (Å²) in [5, 5.41) is 7.73. The van der Waals surface area contributed by atoms with Crippen LogP contribution < -0.4 is 0 Å². The lowest BCUT2D eigenvalue weighted by atomic mass is 10.2. The van der Waals surface area contributed by atoms with E-state index in [-0.39, 0.29) is 11.7 Å². The van der Waals surface area contributed by atoms with Gasteiger partial charge in [-0.2, -0.15) is 0 Å². The largest absolute Gasteiger partial charge is 0.343 e. The number of aromatic nitrogens is 3. The van der Waals surface area contributed by atoms with Crippen molar-refractivity contribution in [1.82, 2.24) is 20.1 Å². The summed E-state index contributed by atoms with van der Waals surface area (Å²) in [6.07, 6.45) is 6.28. The Bertz CT molecular complexity index is 714. The number of hydrogen-bond donors (Lipinski definition) is 1. The van der Waals surface area contributed by atoms with Crippen LogP contribution in [0.25, 0.3) is 12.2 Å². The van der Waals surface area contributed by atoms with Gasteiger partial charge >= 0.3 is 0 Å². The summed E-state index contributed by atoms with van der Waals surface area (Å²) in [6, 6.07) is 6.26. The maximum Gasteiger partial charge on any atom is 0.222 e. The number of carbonyl (C=O) groups excluding carboxylic acids is 1. The van der Waals surface area contributed by atoms with Gasteiger partial charge in [0.25, 0.3) is 0 Å². The molecule has 0 saturated carbocycles. The van der Waals surface area contributed by atoms with Crippen molar-refractivity contribution in [3.8, 4) is 0 Å². The van der Waals surface area contributed by atoms with Crippen LogP contribution in [-0.4, -0.2) is 44.8 Å². The molecule has 1 aliphatic heterocycles. The number of benzene rings is 1. The zero-order valence-corrected chi connectivity index (χ0v) is 14.1. The van der Waals surface area contributed by atoms with Crippen molar-refractivity contribution in [1.29, 1.82) is 0 Å². The van der Waals surface area contributed by atoms with Gasteiger partial charge in [0.15, 0.2) is 0 Å². The maximum absolute atomic E-state index is 12.8. The molecule has 0 spiro atoms. The molecular weight excluding hydrogens is 327 g/mol. The minimum atomic E-state index is -0.249. The molecule has 0 bridgehead atoms. The first-order valence-electron chi connectivity index (χ1n) is 7.97. The molecule has 1 saturated heterocycles. The van der Waals surface area contributed by atoms with E-state index in [9.17, 15) is 9.18 Å². The van der Waals surface area contributed by atoms with Crippen molar-refractivity contribution in [2.45, 2.75) is 24.4 Å². The van der Waals surface area contributed by atoms with Crippen molar-refractivity contribution >= 4 is 29.8 Å². The number of likely N-dealkylation sites (tertiary alicyclic amines) is 1. The minimum Gasteiger partial charge on any atom is -0.343 e. The molecule has 0 aliphatic carbocycles. The first-order valence-corrected chi connectivity index (χ1v) is 8.96. The summed E-state index contributed by atoms with van der Waals surface area (Å²) in [6.45, 7) is 1.70. The number of aromatic amines is 1. The van der Waals surface area contributed by atoms with Crippen molar-refractivity contribution in [2.24, 2.45) is 0 Å². The summed E-state index contributed by atoms with van der Waals surface area (Å²) >= 11 is 1.57. The molecule has 3 rings (SSSR count). The highest BCUT2D eigenvalue weighted by Crippen LogP contribution is 2.16. The highest BCUT2D eigenvalue weighted by atomic mass is 32.2. The molecule has 2 heterocycles. The summed E-state index contributed by atoms with van der Waals surface area (Å²) in [7, 11) is 0. The Kier molecular flexibility index (Phi) is 5.63.